The molecule has 0 radical (unpaired) electrons. The minimum Gasteiger partial charge on any atom is -0.306 e. The Morgan fingerprint density at radius 1 is 1.11 bits per heavy atom. The third kappa shape index (κ3) is 3.17. The highest BCUT2D eigenvalue weighted by Crippen LogP contribution is 2.13. The number of hydrogen-bond donors (Lipinski definition) is 1. The Kier molecular flexibility index (Phi) is 4.48. The first-order chi connectivity index (χ1) is 8.81. The molecule has 2 nitrogen and oxygen atoms in total. The van der Waals surface area contributed by atoms with Crippen LogP contribution in [0.2, 0.25) is 0 Å². The lowest BCUT2D eigenvalue weighted by Crippen LogP contribution is -2.19. The minimum atomic E-state index is 0.323. The molecule has 2 heteroatoms. The summed E-state index contributed by atoms with van der Waals surface area (Å²) in [5.74, 6) is 0. The van der Waals surface area contributed by atoms with Gasteiger partial charge >= 0.3 is 0 Å². The van der Waals surface area contributed by atoms with Crippen molar-refractivity contribution < 1.29 is 0 Å². The second-order valence-electron chi connectivity index (χ2n) is 4.51. The zero-order valence-corrected chi connectivity index (χ0v) is 11.1. The first kappa shape index (κ1) is 12.8. The van der Waals surface area contributed by atoms with Gasteiger partial charge in [0.05, 0.1) is 0 Å². The number of benzene rings is 1. The topological polar surface area (TPSA) is 24.9 Å². The summed E-state index contributed by atoms with van der Waals surface area (Å²) < 4.78 is 0. The van der Waals surface area contributed by atoms with Gasteiger partial charge in [0.1, 0.15) is 0 Å². The number of pyridine rings is 1. The fourth-order valence-corrected chi connectivity index (χ4v) is 2.09. The molecule has 0 fully saturated rings. The summed E-state index contributed by atoms with van der Waals surface area (Å²) in [5, 5.41) is 3.55. The van der Waals surface area contributed by atoms with Crippen LogP contribution in [0.25, 0.3) is 0 Å². The van der Waals surface area contributed by atoms with Gasteiger partial charge in [0.2, 0.25) is 0 Å². The standard InChI is InChI=1S/C16H20N2/c1-3-14-7-4-5-8-16(14)12-18-13(2)15-9-6-10-17-11-15/h4-11,13,18H,3,12H2,1-2H3. The molecular formula is C16H20N2. The Bertz CT molecular complexity index is 479. The highest BCUT2D eigenvalue weighted by atomic mass is 14.9. The molecule has 0 saturated heterocycles. The molecule has 0 saturated carbocycles. The quantitative estimate of drug-likeness (QED) is 0.865. The molecule has 1 aromatic heterocycles. The monoisotopic (exact) mass is 240 g/mol. The lowest BCUT2D eigenvalue weighted by Gasteiger charge is -2.15. The average Bonchev–Trinajstić information content (AvgIpc) is 2.46. The van der Waals surface area contributed by atoms with E-state index >= 15 is 0 Å². The Labute approximate surface area is 109 Å². The third-order valence-electron chi connectivity index (χ3n) is 3.28. The average molecular weight is 240 g/mol. The van der Waals surface area contributed by atoms with E-state index in [0.29, 0.717) is 6.04 Å². The largest absolute Gasteiger partial charge is 0.306 e. The van der Waals surface area contributed by atoms with Crippen LogP contribution in [-0.2, 0) is 13.0 Å². The molecule has 1 N–H and O–H groups in total. The molecule has 0 aliphatic heterocycles. The zero-order valence-electron chi connectivity index (χ0n) is 11.1. The molecule has 0 amide bonds. The van der Waals surface area contributed by atoms with Gasteiger partial charge < -0.3 is 5.32 Å². The minimum absolute atomic E-state index is 0.323. The lowest BCUT2D eigenvalue weighted by molar-refractivity contribution is 0.571. The van der Waals surface area contributed by atoms with Crippen molar-refractivity contribution in [1.82, 2.24) is 10.3 Å². The van der Waals surface area contributed by atoms with Crippen molar-refractivity contribution in [2.24, 2.45) is 0 Å². The third-order valence-corrected chi connectivity index (χ3v) is 3.28. The molecule has 0 aliphatic rings. The van der Waals surface area contributed by atoms with Crippen LogP contribution in [0.15, 0.2) is 48.8 Å². The number of hydrogen-bond acceptors (Lipinski definition) is 2. The van der Waals surface area contributed by atoms with Gasteiger partial charge in [0, 0.05) is 25.0 Å². The van der Waals surface area contributed by atoms with Gasteiger partial charge in [-0.05, 0) is 36.1 Å². The van der Waals surface area contributed by atoms with Crippen molar-refractivity contribution in [2.45, 2.75) is 32.9 Å². The first-order valence-corrected chi connectivity index (χ1v) is 6.51. The van der Waals surface area contributed by atoms with E-state index in [0.717, 1.165) is 13.0 Å². The predicted octanol–water partition coefficient (Wildman–Crippen LogP) is 3.49. The van der Waals surface area contributed by atoms with Gasteiger partial charge in [-0.25, -0.2) is 0 Å². The molecule has 94 valence electrons. The van der Waals surface area contributed by atoms with Crippen LogP contribution in [0.5, 0.6) is 0 Å². The van der Waals surface area contributed by atoms with Crippen molar-refractivity contribution in [3.63, 3.8) is 0 Å². The van der Waals surface area contributed by atoms with Gasteiger partial charge in [-0.1, -0.05) is 37.3 Å². The fourth-order valence-electron chi connectivity index (χ4n) is 2.09. The van der Waals surface area contributed by atoms with Gasteiger partial charge in [-0.2, -0.15) is 0 Å². The summed E-state index contributed by atoms with van der Waals surface area (Å²) >= 11 is 0. The zero-order chi connectivity index (χ0) is 12.8. The summed E-state index contributed by atoms with van der Waals surface area (Å²) in [4.78, 5) is 4.15. The maximum atomic E-state index is 4.15. The van der Waals surface area contributed by atoms with Crippen LogP contribution >= 0.6 is 0 Å². The van der Waals surface area contributed by atoms with Gasteiger partial charge in [-0.3, -0.25) is 4.98 Å². The lowest BCUT2D eigenvalue weighted by atomic mass is 10.0. The van der Waals surface area contributed by atoms with Crippen molar-refractivity contribution in [2.75, 3.05) is 0 Å². The number of rotatable bonds is 5. The summed E-state index contributed by atoms with van der Waals surface area (Å²) in [5.41, 5.74) is 4.03. The van der Waals surface area contributed by atoms with Gasteiger partial charge in [0.25, 0.3) is 0 Å². The van der Waals surface area contributed by atoms with E-state index in [2.05, 4.69) is 54.5 Å². The van der Waals surface area contributed by atoms with Crippen LogP contribution in [0.1, 0.15) is 36.6 Å². The molecule has 2 rings (SSSR count). The molecule has 2 aromatic rings. The predicted molar refractivity (Wildman–Crippen MR) is 75.3 cm³/mol. The Morgan fingerprint density at radius 3 is 2.56 bits per heavy atom. The second kappa shape index (κ2) is 6.31. The Hall–Kier alpha value is -1.67. The second-order valence-corrected chi connectivity index (χ2v) is 4.51. The van der Waals surface area contributed by atoms with Crippen LogP contribution in [0.4, 0.5) is 0 Å². The molecule has 0 aliphatic carbocycles. The highest BCUT2D eigenvalue weighted by molar-refractivity contribution is 5.27. The summed E-state index contributed by atoms with van der Waals surface area (Å²) in [6, 6.07) is 13.0. The number of aryl methyl sites for hydroxylation is 1. The molecule has 1 heterocycles. The Balaban J connectivity index is 1.99. The van der Waals surface area contributed by atoms with E-state index in [-0.39, 0.29) is 0 Å². The normalized spacial score (nSPS) is 12.3. The van der Waals surface area contributed by atoms with E-state index in [1.54, 1.807) is 0 Å². The molecule has 0 spiro atoms. The summed E-state index contributed by atoms with van der Waals surface area (Å²) in [6.45, 7) is 5.27. The number of nitrogens with one attached hydrogen (secondary N) is 1. The fraction of sp³-hybridized carbons (Fsp3) is 0.312. The van der Waals surface area contributed by atoms with Crippen LogP contribution in [0, 0.1) is 0 Å². The van der Waals surface area contributed by atoms with Gasteiger partial charge in [0.15, 0.2) is 0 Å². The maximum Gasteiger partial charge on any atom is 0.0315 e. The van der Waals surface area contributed by atoms with E-state index in [1.807, 2.05) is 18.5 Å². The van der Waals surface area contributed by atoms with E-state index in [1.165, 1.54) is 16.7 Å². The highest BCUT2D eigenvalue weighted by Gasteiger charge is 2.05. The molecular weight excluding hydrogens is 220 g/mol. The van der Waals surface area contributed by atoms with Crippen LogP contribution in [-0.4, -0.2) is 4.98 Å². The number of aromatic nitrogens is 1. The first-order valence-electron chi connectivity index (χ1n) is 6.51. The van der Waals surface area contributed by atoms with Crippen molar-refractivity contribution in [3.05, 3.63) is 65.5 Å². The van der Waals surface area contributed by atoms with Crippen molar-refractivity contribution in [1.29, 1.82) is 0 Å². The summed E-state index contributed by atoms with van der Waals surface area (Å²) in [7, 11) is 0. The molecule has 1 unspecified atom stereocenters. The van der Waals surface area contributed by atoms with E-state index in [9.17, 15) is 0 Å². The van der Waals surface area contributed by atoms with Crippen LogP contribution < -0.4 is 5.32 Å². The maximum absolute atomic E-state index is 4.15. The SMILES string of the molecule is CCc1ccccc1CNC(C)c1cccnc1. The van der Waals surface area contributed by atoms with Crippen LogP contribution in [0.3, 0.4) is 0 Å². The van der Waals surface area contributed by atoms with Crippen molar-refractivity contribution in [3.8, 4) is 0 Å². The van der Waals surface area contributed by atoms with E-state index in [4.69, 9.17) is 0 Å². The van der Waals surface area contributed by atoms with Crippen molar-refractivity contribution >= 4 is 0 Å². The smallest absolute Gasteiger partial charge is 0.0315 e. The van der Waals surface area contributed by atoms with Gasteiger partial charge in [-0.15, -0.1) is 0 Å². The molecule has 1 atom stereocenters. The summed E-state index contributed by atoms with van der Waals surface area (Å²) in [6.07, 6.45) is 4.81. The van der Waals surface area contributed by atoms with E-state index < -0.39 is 0 Å². The Morgan fingerprint density at radius 2 is 1.89 bits per heavy atom. The molecule has 0 bridgehead atoms. The molecule has 1 aromatic carbocycles. The number of nitrogens with zero attached hydrogens (tertiary/aromatic N) is 1. The molecule has 18 heavy (non-hydrogen) atoms.